The van der Waals surface area contributed by atoms with Gasteiger partial charge in [0, 0.05) is 30.1 Å². The molecule has 1 saturated heterocycles. The van der Waals surface area contributed by atoms with Gasteiger partial charge in [0.25, 0.3) is 0 Å². The van der Waals surface area contributed by atoms with E-state index < -0.39 is 0 Å². The van der Waals surface area contributed by atoms with E-state index in [1.54, 1.807) is 17.8 Å². The normalized spacial score (nSPS) is 17.8. The van der Waals surface area contributed by atoms with Gasteiger partial charge in [-0.25, -0.2) is 4.39 Å². The fourth-order valence-corrected chi connectivity index (χ4v) is 3.14. The van der Waals surface area contributed by atoms with Crippen molar-refractivity contribution in [2.45, 2.75) is 31.1 Å². The Hall–Kier alpha value is -1.02. The van der Waals surface area contributed by atoms with Crippen LogP contribution in [0.25, 0.3) is 0 Å². The highest BCUT2D eigenvalue weighted by atomic mass is 32.2. The van der Waals surface area contributed by atoms with Crippen molar-refractivity contribution in [3.8, 4) is 11.8 Å². The van der Waals surface area contributed by atoms with Gasteiger partial charge in [0.2, 0.25) is 0 Å². The first-order valence-corrected chi connectivity index (χ1v) is 8.02. The molecule has 0 aromatic heterocycles. The Bertz CT molecular complexity index is 487. The molecule has 20 heavy (non-hydrogen) atoms. The number of benzene rings is 1. The Balaban J connectivity index is 1.84. The lowest BCUT2D eigenvalue weighted by atomic mass is 10.1. The van der Waals surface area contributed by atoms with E-state index in [-0.39, 0.29) is 12.4 Å². The van der Waals surface area contributed by atoms with Crippen LogP contribution in [0.3, 0.4) is 0 Å². The third-order valence-electron chi connectivity index (χ3n) is 3.11. The molecule has 1 aromatic rings. The number of thioether (sulfide) groups is 1. The van der Waals surface area contributed by atoms with Crippen LogP contribution in [0.4, 0.5) is 4.39 Å². The molecule has 0 bridgehead atoms. The van der Waals surface area contributed by atoms with Gasteiger partial charge in [-0.15, -0.1) is 0 Å². The molecule has 0 spiro atoms. The SMILES string of the molecule is OCCC#Cc1ccc(CSCC2CCCO2)c(F)c1. The van der Waals surface area contributed by atoms with Gasteiger partial charge in [0.15, 0.2) is 0 Å². The minimum absolute atomic E-state index is 0.0352. The van der Waals surface area contributed by atoms with E-state index >= 15 is 0 Å². The van der Waals surface area contributed by atoms with Crippen LogP contribution in [0.5, 0.6) is 0 Å². The molecule has 1 heterocycles. The lowest BCUT2D eigenvalue weighted by Crippen LogP contribution is -2.08. The van der Waals surface area contributed by atoms with Crippen molar-refractivity contribution in [1.82, 2.24) is 0 Å². The lowest BCUT2D eigenvalue weighted by molar-refractivity contribution is 0.129. The van der Waals surface area contributed by atoms with Crippen LogP contribution >= 0.6 is 11.8 Å². The summed E-state index contributed by atoms with van der Waals surface area (Å²) < 4.78 is 19.4. The van der Waals surface area contributed by atoms with Crippen LogP contribution < -0.4 is 0 Å². The quantitative estimate of drug-likeness (QED) is 0.847. The van der Waals surface area contributed by atoms with Crippen LogP contribution in [0.2, 0.25) is 0 Å². The van der Waals surface area contributed by atoms with Crippen molar-refractivity contribution in [3.63, 3.8) is 0 Å². The molecule has 1 aliphatic rings. The Morgan fingerprint density at radius 1 is 1.45 bits per heavy atom. The molecule has 0 aliphatic carbocycles. The van der Waals surface area contributed by atoms with Crippen molar-refractivity contribution < 1.29 is 14.2 Å². The molecule has 1 N–H and O–H groups in total. The third kappa shape index (κ3) is 4.82. The van der Waals surface area contributed by atoms with Gasteiger partial charge >= 0.3 is 0 Å². The summed E-state index contributed by atoms with van der Waals surface area (Å²) in [6.45, 7) is 0.897. The van der Waals surface area contributed by atoms with Crippen molar-refractivity contribution in [2.75, 3.05) is 19.0 Å². The summed E-state index contributed by atoms with van der Waals surface area (Å²) in [5, 5.41) is 8.64. The Kier molecular flexibility index (Phi) is 6.38. The van der Waals surface area contributed by atoms with Crippen molar-refractivity contribution in [2.24, 2.45) is 0 Å². The average Bonchev–Trinajstić information content (AvgIpc) is 2.95. The van der Waals surface area contributed by atoms with Gasteiger partial charge in [0.05, 0.1) is 12.7 Å². The molecule has 108 valence electrons. The molecule has 1 fully saturated rings. The zero-order valence-corrected chi connectivity index (χ0v) is 12.2. The first kappa shape index (κ1) is 15.4. The van der Waals surface area contributed by atoms with Gasteiger partial charge in [-0.3, -0.25) is 0 Å². The van der Waals surface area contributed by atoms with Crippen LogP contribution in [0.15, 0.2) is 18.2 Å². The smallest absolute Gasteiger partial charge is 0.128 e. The summed E-state index contributed by atoms with van der Waals surface area (Å²) in [5.41, 5.74) is 1.37. The van der Waals surface area contributed by atoms with E-state index in [2.05, 4.69) is 11.8 Å². The Morgan fingerprint density at radius 3 is 3.05 bits per heavy atom. The number of rotatable bonds is 5. The fourth-order valence-electron chi connectivity index (χ4n) is 2.04. The number of halogens is 1. The zero-order valence-electron chi connectivity index (χ0n) is 11.4. The Labute approximate surface area is 123 Å². The maximum atomic E-state index is 13.9. The first-order valence-electron chi connectivity index (χ1n) is 6.87. The van der Waals surface area contributed by atoms with E-state index in [1.807, 2.05) is 6.07 Å². The molecule has 1 aromatic carbocycles. The highest BCUT2D eigenvalue weighted by molar-refractivity contribution is 7.98. The molecule has 0 saturated carbocycles. The van der Waals surface area contributed by atoms with E-state index in [9.17, 15) is 4.39 Å². The second kappa shape index (κ2) is 8.31. The highest BCUT2D eigenvalue weighted by Crippen LogP contribution is 2.21. The van der Waals surface area contributed by atoms with Crippen molar-refractivity contribution in [3.05, 3.63) is 35.1 Å². The molecular formula is C16H19FO2S. The number of aliphatic hydroxyl groups excluding tert-OH is 1. The standard InChI is InChI=1S/C16H19FO2S/c17-16-10-13(4-1-2-8-18)6-7-14(16)11-20-12-15-5-3-9-19-15/h6-7,10,15,18H,2-3,5,8-9,11-12H2. The predicted octanol–water partition coefficient (Wildman–Crippen LogP) is 2.97. The number of hydrogen-bond acceptors (Lipinski definition) is 3. The molecular weight excluding hydrogens is 275 g/mol. The van der Waals surface area contributed by atoms with E-state index in [1.165, 1.54) is 6.07 Å². The second-order valence-electron chi connectivity index (χ2n) is 4.73. The third-order valence-corrected chi connectivity index (χ3v) is 4.23. The van der Waals surface area contributed by atoms with E-state index in [0.717, 1.165) is 25.2 Å². The summed E-state index contributed by atoms with van der Waals surface area (Å²) in [6, 6.07) is 5.09. The summed E-state index contributed by atoms with van der Waals surface area (Å²) >= 11 is 1.71. The summed E-state index contributed by atoms with van der Waals surface area (Å²) in [6.07, 6.45) is 3.02. The topological polar surface area (TPSA) is 29.5 Å². The van der Waals surface area contributed by atoms with Crippen LogP contribution in [-0.4, -0.2) is 30.2 Å². The largest absolute Gasteiger partial charge is 0.395 e. The minimum Gasteiger partial charge on any atom is -0.395 e. The van der Waals surface area contributed by atoms with Gasteiger partial charge in [-0.05, 0) is 30.5 Å². The van der Waals surface area contributed by atoms with Gasteiger partial charge in [-0.2, -0.15) is 11.8 Å². The molecule has 0 amide bonds. The minimum atomic E-state index is -0.208. The molecule has 1 unspecified atom stereocenters. The van der Waals surface area contributed by atoms with Crippen LogP contribution in [0.1, 0.15) is 30.4 Å². The van der Waals surface area contributed by atoms with Crippen LogP contribution in [0, 0.1) is 17.7 Å². The first-order chi connectivity index (χ1) is 9.79. The Morgan fingerprint density at radius 2 is 2.35 bits per heavy atom. The summed E-state index contributed by atoms with van der Waals surface area (Å²) in [5.74, 6) is 7.01. The number of aliphatic hydroxyl groups is 1. The van der Waals surface area contributed by atoms with E-state index in [4.69, 9.17) is 9.84 Å². The van der Waals surface area contributed by atoms with Crippen molar-refractivity contribution in [1.29, 1.82) is 0 Å². The maximum Gasteiger partial charge on any atom is 0.128 e. The molecule has 4 heteroatoms. The van der Waals surface area contributed by atoms with Crippen molar-refractivity contribution >= 4 is 11.8 Å². The molecule has 1 aliphatic heterocycles. The average molecular weight is 294 g/mol. The second-order valence-corrected chi connectivity index (χ2v) is 5.76. The molecule has 0 radical (unpaired) electrons. The number of ether oxygens (including phenoxy) is 1. The highest BCUT2D eigenvalue weighted by Gasteiger charge is 2.15. The summed E-state index contributed by atoms with van der Waals surface area (Å²) in [7, 11) is 0. The maximum absolute atomic E-state index is 13.9. The van der Waals surface area contributed by atoms with Crippen LogP contribution in [-0.2, 0) is 10.5 Å². The number of hydrogen-bond donors (Lipinski definition) is 1. The zero-order chi connectivity index (χ0) is 14.2. The van der Waals surface area contributed by atoms with Gasteiger partial charge in [-0.1, -0.05) is 17.9 Å². The van der Waals surface area contributed by atoms with Gasteiger partial charge in [0.1, 0.15) is 5.82 Å². The van der Waals surface area contributed by atoms with Gasteiger partial charge < -0.3 is 9.84 Å². The monoisotopic (exact) mass is 294 g/mol. The molecule has 2 nitrogen and oxygen atoms in total. The fraction of sp³-hybridized carbons (Fsp3) is 0.500. The molecule has 1 atom stereocenters. The predicted molar refractivity (Wildman–Crippen MR) is 80.1 cm³/mol. The lowest BCUT2D eigenvalue weighted by Gasteiger charge is -2.09. The summed E-state index contributed by atoms with van der Waals surface area (Å²) in [4.78, 5) is 0. The molecule has 2 rings (SSSR count). The van der Waals surface area contributed by atoms with E-state index in [0.29, 0.717) is 29.4 Å².